The van der Waals surface area contributed by atoms with Gasteiger partial charge in [-0.15, -0.1) is 0 Å². The van der Waals surface area contributed by atoms with E-state index in [9.17, 15) is 9.18 Å². The molecule has 0 atom stereocenters. The minimum atomic E-state index is -0.328. The van der Waals surface area contributed by atoms with Gasteiger partial charge in [0.05, 0.1) is 25.9 Å². The molecule has 7 nitrogen and oxygen atoms in total. The summed E-state index contributed by atoms with van der Waals surface area (Å²) in [6.45, 7) is 3.04. The molecule has 0 spiro atoms. The summed E-state index contributed by atoms with van der Waals surface area (Å²) in [6, 6.07) is 13.1. The summed E-state index contributed by atoms with van der Waals surface area (Å²) in [7, 11) is 1.55. The molecule has 3 aromatic rings. The number of ether oxygens (including phenoxy) is 1. The standard InChI is InChI=1S/C20H21FN4O3/c1-3-25(12-18(26)22-16-6-4-5-7-17(16)27-2)13-19-23-20(24-28-19)14-8-10-15(21)11-9-14/h4-11H,3,12-13H2,1-2H3,(H,22,26). The minimum absolute atomic E-state index is 0.156. The highest BCUT2D eigenvalue weighted by molar-refractivity contribution is 5.93. The van der Waals surface area contributed by atoms with Crippen molar-refractivity contribution in [2.24, 2.45) is 0 Å². The third kappa shape index (κ3) is 4.92. The summed E-state index contributed by atoms with van der Waals surface area (Å²) in [4.78, 5) is 18.6. The molecule has 1 amide bonds. The first kappa shape index (κ1) is 19.5. The molecule has 0 aliphatic carbocycles. The fourth-order valence-electron chi connectivity index (χ4n) is 2.65. The number of likely N-dealkylation sites (N-methyl/N-ethyl adjacent to an activating group) is 1. The lowest BCUT2D eigenvalue weighted by Crippen LogP contribution is -2.33. The van der Waals surface area contributed by atoms with Gasteiger partial charge >= 0.3 is 0 Å². The summed E-state index contributed by atoms with van der Waals surface area (Å²) in [5.74, 6) is 0.853. The predicted molar refractivity (Wildman–Crippen MR) is 102 cm³/mol. The molecule has 28 heavy (non-hydrogen) atoms. The van der Waals surface area contributed by atoms with Crippen molar-refractivity contribution in [2.75, 3.05) is 25.5 Å². The van der Waals surface area contributed by atoms with Crippen LogP contribution in [0, 0.1) is 5.82 Å². The molecule has 0 unspecified atom stereocenters. The van der Waals surface area contributed by atoms with Crippen molar-refractivity contribution in [3.63, 3.8) is 0 Å². The van der Waals surface area contributed by atoms with Gasteiger partial charge in [-0.2, -0.15) is 4.98 Å². The zero-order valence-electron chi connectivity index (χ0n) is 15.7. The molecule has 0 aliphatic heterocycles. The lowest BCUT2D eigenvalue weighted by Gasteiger charge is -2.18. The monoisotopic (exact) mass is 384 g/mol. The van der Waals surface area contributed by atoms with Crippen LogP contribution in [0.4, 0.5) is 10.1 Å². The zero-order chi connectivity index (χ0) is 19.9. The average Bonchev–Trinajstić information content (AvgIpc) is 3.17. The van der Waals surface area contributed by atoms with E-state index < -0.39 is 0 Å². The van der Waals surface area contributed by atoms with Crippen LogP contribution in [0.15, 0.2) is 53.1 Å². The maximum absolute atomic E-state index is 13.0. The average molecular weight is 384 g/mol. The maximum Gasteiger partial charge on any atom is 0.241 e. The number of para-hydroxylation sites is 2. The van der Waals surface area contributed by atoms with Gasteiger partial charge in [-0.05, 0) is 42.9 Å². The number of carbonyl (C=O) groups excluding carboxylic acids is 1. The van der Waals surface area contributed by atoms with E-state index in [1.54, 1.807) is 31.4 Å². The van der Waals surface area contributed by atoms with Gasteiger partial charge in [0.15, 0.2) is 0 Å². The number of anilines is 1. The molecular formula is C20H21FN4O3. The smallest absolute Gasteiger partial charge is 0.241 e. The minimum Gasteiger partial charge on any atom is -0.495 e. The van der Waals surface area contributed by atoms with Crippen molar-refractivity contribution in [3.8, 4) is 17.1 Å². The van der Waals surface area contributed by atoms with Crippen molar-refractivity contribution in [1.29, 1.82) is 0 Å². The second-order valence-corrected chi connectivity index (χ2v) is 6.07. The number of amides is 1. The Labute approximate surface area is 162 Å². The van der Waals surface area contributed by atoms with Gasteiger partial charge < -0.3 is 14.6 Å². The maximum atomic E-state index is 13.0. The van der Waals surface area contributed by atoms with Crippen LogP contribution in [0.3, 0.4) is 0 Å². The van der Waals surface area contributed by atoms with Gasteiger partial charge in [-0.25, -0.2) is 4.39 Å². The van der Waals surface area contributed by atoms with E-state index in [4.69, 9.17) is 9.26 Å². The Bertz CT molecular complexity index is 927. The van der Waals surface area contributed by atoms with Crippen molar-refractivity contribution in [2.45, 2.75) is 13.5 Å². The van der Waals surface area contributed by atoms with E-state index in [1.165, 1.54) is 12.1 Å². The lowest BCUT2D eigenvalue weighted by molar-refractivity contribution is -0.117. The van der Waals surface area contributed by atoms with Crippen LogP contribution in [0.5, 0.6) is 5.75 Å². The number of hydrogen-bond acceptors (Lipinski definition) is 6. The SMILES string of the molecule is CCN(CC(=O)Nc1ccccc1OC)Cc1nc(-c2ccc(F)cc2)no1. The molecular weight excluding hydrogens is 363 g/mol. The topological polar surface area (TPSA) is 80.5 Å². The molecule has 2 aromatic carbocycles. The molecule has 0 aliphatic rings. The molecule has 1 aromatic heterocycles. The van der Waals surface area contributed by atoms with Crippen molar-refractivity contribution in [1.82, 2.24) is 15.0 Å². The van der Waals surface area contributed by atoms with Gasteiger partial charge in [0, 0.05) is 5.56 Å². The Kier molecular flexibility index (Phi) is 6.33. The van der Waals surface area contributed by atoms with Crippen LogP contribution < -0.4 is 10.1 Å². The molecule has 0 saturated carbocycles. The van der Waals surface area contributed by atoms with Crippen LogP contribution in [-0.2, 0) is 11.3 Å². The third-order valence-electron chi connectivity index (χ3n) is 4.12. The predicted octanol–water partition coefficient (Wildman–Crippen LogP) is 3.34. The number of methoxy groups -OCH3 is 1. The number of rotatable bonds is 8. The highest BCUT2D eigenvalue weighted by Gasteiger charge is 2.16. The molecule has 0 radical (unpaired) electrons. The van der Waals surface area contributed by atoms with Crippen LogP contribution in [0.1, 0.15) is 12.8 Å². The quantitative estimate of drug-likeness (QED) is 0.642. The van der Waals surface area contributed by atoms with E-state index in [0.717, 1.165) is 0 Å². The Morgan fingerprint density at radius 3 is 2.68 bits per heavy atom. The van der Waals surface area contributed by atoms with Crippen molar-refractivity contribution < 1.29 is 18.4 Å². The molecule has 8 heteroatoms. The number of aromatic nitrogens is 2. The highest BCUT2D eigenvalue weighted by atomic mass is 19.1. The van der Waals surface area contributed by atoms with Crippen molar-refractivity contribution >= 4 is 11.6 Å². The first-order valence-electron chi connectivity index (χ1n) is 8.82. The first-order valence-corrected chi connectivity index (χ1v) is 8.82. The number of carbonyl (C=O) groups is 1. The second kappa shape index (κ2) is 9.09. The molecule has 1 N–H and O–H groups in total. The second-order valence-electron chi connectivity index (χ2n) is 6.07. The largest absolute Gasteiger partial charge is 0.495 e. The van der Waals surface area contributed by atoms with E-state index in [-0.39, 0.29) is 18.3 Å². The van der Waals surface area contributed by atoms with Crippen LogP contribution >= 0.6 is 0 Å². The zero-order valence-corrected chi connectivity index (χ0v) is 15.7. The Balaban J connectivity index is 1.61. The van der Waals surface area contributed by atoms with E-state index in [1.807, 2.05) is 24.0 Å². The lowest BCUT2D eigenvalue weighted by atomic mass is 10.2. The van der Waals surface area contributed by atoms with Gasteiger partial charge in [-0.3, -0.25) is 9.69 Å². The third-order valence-corrected chi connectivity index (χ3v) is 4.12. The number of benzene rings is 2. The first-order chi connectivity index (χ1) is 13.6. The summed E-state index contributed by atoms with van der Waals surface area (Å²) in [6.07, 6.45) is 0. The summed E-state index contributed by atoms with van der Waals surface area (Å²) in [5.41, 5.74) is 1.27. The number of hydrogen-bond donors (Lipinski definition) is 1. The Morgan fingerprint density at radius 1 is 1.21 bits per heavy atom. The molecule has 0 fully saturated rings. The molecule has 3 rings (SSSR count). The van der Waals surface area contributed by atoms with Gasteiger partial charge in [-0.1, -0.05) is 24.2 Å². The summed E-state index contributed by atoms with van der Waals surface area (Å²) >= 11 is 0. The van der Waals surface area contributed by atoms with Crippen molar-refractivity contribution in [3.05, 3.63) is 60.2 Å². The fraction of sp³-hybridized carbons (Fsp3) is 0.250. The number of halogens is 1. The van der Waals surface area contributed by atoms with E-state index in [0.29, 0.717) is 41.8 Å². The molecule has 0 bridgehead atoms. The van der Waals surface area contributed by atoms with Gasteiger partial charge in [0.1, 0.15) is 11.6 Å². The van der Waals surface area contributed by atoms with Gasteiger partial charge in [0.25, 0.3) is 0 Å². The number of nitrogens with one attached hydrogen (secondary N) is 1. The fourth-order valence-corrected chi connectivity index (χ4v) is 2.65. The normalized spacial score (nSPS) is 10.9. The van der Waals surface area contributed by atoms with Crippen LogP contribution in [-0.4, -0.2) is 41.1 Å². The Hall–Kier alpha value is -3.26. The summed E-state index contributed by atoms with van der Waals surface area (Å²) in [5, 5.41) is 6.76. The highest BCUT2D eigenvalue weighted by Crippen LogP contribution is 2.23. The Morgan fingerprint density at radius 2 is 1.96 bits per heavy atom. The molecule has 0 saturated heterocycles. The van der Waals surface area contributed by atoms with Crippen LogP contribution in [0.2, 0.25) is 0 Å². The van der Waals surface area contributed by atoms with E-state index in [2.05, 4.69) is 15.5 Å². The number of nitrogens with zero attached hydrogens (tertiary/aromatic N) is 3. The molecule has 1 heterocycles. The van der Waals surface area contributed by atoms with E-state index >= 15 is 0 Å². The summed E-state index contributed by atoms with van der Waals surface area (Å²) < 4.78 is 23.5. The van der Waals surface area contributed by atoms with Gasteiger partial charge in [0.2, 0.25) is 17.6 Å². The van der Waals surface area contributed by atoms with Crippen LogP contribution in [0.25, 0.3) is 11.4 Å². The molecule has 146 valence electrons.